The van der Waals surface area contributed by atoms with Crippen molar-refractivity contribution in [1.29, 1.82) is 0 Å². The molecule has 0 aliphatic carbocycles. The van der Waals surface area contributed by atoms with E-state index in [0.29, 0.717) is 10.7 Å². The van der Waals surface area contributed by atoms with Crippen LogP contribution in [0.3, 0.4) is 0 Å². The first-order valence-electron chi connectivity index (χ1n) is 5.47. The molecule has 0 amide bonds. The van der Waals surface area contributed by atoms with Crippen molar-refractivity contribution in [1.82, 2.24) is 15.3 Å². The molecule has 19 heavy (non-hydrogen) atoms. The molecule has 3 aromatic rings. The van der Waals surface area contributed by atoms with Crippen molar-refractivity contribution in [3.05, 3.63) is 29.6 Å². The van der Waals surface area contributed by atoms with E-state index < -0.39 is 0 Å². The van der Waals surface area contributed by atoms with Crippen LogP contribution in [-0.4, -0.2) is 22.4 Å². The number of benzene rings is 1. The van der Waals surface area contributed by atoms with E-state index in [0.717, 1.165) is 17.0 Å². The molecule has 0 aliphatic rings. The number of nitrogen functional groups attached to an aromatic ring is 1. The van der Waals surface area contributed by atoms with Crippen LogP contribution in [0.4, 0.5) is 5.82 Å². The summed E-state index contributed by atoms with van der Waals surface area (Å²) in [6.45, 7) is 0. The molecule has 3 rings (SSSR count). The first-order chi connectivity index (χ1) is 9.29. The fraction of sp³-hybridized carbons (Fsp3) is 0.0833. The van der Waals surface area contributed by atoms with Crippen LogP contribution in [0.2, 0.25) is 0 Å². The zero-order valence-corrected chi connectivity index (χ0v) is 10.8. The maximum atomic E-state index is 5.65. The minimum atomic E-state index is 0.237. The number of ether oxygens (including phenoxy) is 1. The van der Waals surface area contributed by atoms with Gasteiger partial charge in [-0.15, -0.1) is 11.3 Å². The summed E-state index contributed by atoms with van der Waals surface area (Å²) >= 11 is 1.43. The predicted octanol–water partition coefficient (Wildman–Crippen LogP) is 2.45. The van der Waals surface area contributed by atoms with Crippen LogP contribution in [-0.2, 0) is 0 Å². The van der Waals surface area contributed by atoms with Crippen LogP contribution in [0.25, 0.3) is 22.0 Å². The smallest absolute Gasteiger partial charge is 0.198 e. The van der Waals surface area contributed by atoms with Crippen molar-refractivity contribution in [3.8, 4) is 27.7 Å². The first-order valence-corrected chi connectivity index (χ1v) is 6.35. The van der Waals surface area contributed by atoms with Crippen LogP contribution >= 0.6 is 11.3 Å². The molecule has 2 N–H and O–H groups in total. The Balaban J connectivity index is 2.04. The molecule has 2 aromatic heterocycles. The second-order valence-corrected chi connectivity index (χ2v) is 4.59. The molecule has 0 fully saturated rings. The Morgan fingerprint density at radius 2 is 2.11 bits per heavy atom. The Kier molecular flexibility index (Phi) is 2.88. The van der Waals surface area contributed by atoms with Gasteiger partial charge in [0.2, 0.25) is 0 Å². The third kappa shape index (κ3) is 2.04. The lowest BCUT2D eigenvalue weighted by atomic mass is 10.1. The number of para-hydroxylation sites is 1. The quantitative estimate of drug-likeness (QED) is 0.789. The van der Waals surface area contributed by atoms with E-state index in [9.17, 15) is 0 Å². The number of aromatic nitrogens is 3. The Bertz CT molecular complexity index is 707. The topological polar surface area (TPSA) is 87.1 Å². The van der Waals surface area contributed by atoms with Gasteiger partial charge in [0.1, 0.15) is 10.8 Å². The number of methoxy groups -OCH3 is 1. The Labute approximate surface area is 112 Å². The number of anilines is 1. The van der Waals surface area contributed by atoms with Crippen LogP contribution in [0.1, 0.15) is 0 Å². The molecule has 2 heterocycles. The molecule has 0 aliphatic heterocycles. The van der Waals surface area contributed by atoms with Gasteiger partial charge in [-0.25, -0.2) is 9.61 Å². The van der Waals surface area contributed by atoms with Crippen molar-refractivity contribution in [2.75, 3.05) is 12.8 Å². The third-order valence-corrected chi connectivity index (χ3v) is 3.45. The average Bonchev–Trinajstić information content (AvgIpc) is 3.07. The summed E-state index contributed by atoms with van der Waals surface area (Å²) in [4.78, 5) is 4.49. The highest BCUT2D eigenvalue weighted by atomic mass is 32.1. The molecule has 7 heteroatoms. The third-order valence-electron chi connectivity index (χ3n) is 2.60. The standard InChI is InChI=1S/C12H10N4O2S/c1-17-9-5-3-2-4-7(9)8-6-19-12(14-8)10-11(13)16-18-15-10/h2-6H,1H3,(H2,13,16). The van der Waals surface area contributed by atoms with Crippen LogP contribution in [0, 0.1) is 0 Å². The number of rotatable bonds is 3. The monoisotopic (exact) mass is 274 g/mol. The van der Waals surface area contributed by atoms with Gasteiger partial charge in [0.05, 0.1) is 12.8 Å². The maximum absolute atomic E-state index is 5.65. The number of hydrogen-bond acceptors (Lipinski definition) is 7. The summed E-state index contributed by atoms with van der Waals surface area (Å²) in [6, 6.07) is 7.68. The van der Waals surface area contributed by atoms with Gasteiger partial charge in [0, 0.05) is 10.9 Å². The summed E-state index contributed by atoms with van der Waals surface area (Å²) in [6.07, 6.45) is 0. The fourth-order valence-electron chi connectivity index (χ4n) is 1.71. The lowest BCUT2D eigenvalue weighted by Gasteiger charge is -2.04. The number of nitrogens with zero attached hydrogens (tertiary/aromatic N) is 3. The highest BCUT2D eigenvalue weighted by molar-refractivity contribution is 7.13. The highest BCUT2D eigenvalue weighted by Gasteiger charge is 2.15. The molecule has 96 valence electrons. The Hall–Kier alpha value is -2.41. The van der Waals surface area contributed by atoms with Gasteiger partial charge >= 0.3 is 0 Å². The molecule has 0 radical (unpaired) electrons. The lowest BCUT2D eigenvalue weighted by Crippen LogP contribution is -1.89. The molecule has 0 unspecified atom stereocenters. The van der Waals surface area contributed by atoms with Gasteiger partial charge in [-0.3, -0.25) is 0 Å². The Morgan fingerprint density at radius 1 is 1.26 bits per heavy atom. The zero-order valence-electron chi connectivity index (χ0n) is 10.0. The summed E-state index contributed by atoms with van der Waals surface area (Å²) in [7, 11) is 1.63. The zero-order chi connectivity index (χ0) is 13.2. The normalized spacial score (nSPS) is 10.6. The van der Waals surface area contributed by atoms with E-state index in [1.807, 2.05) is 29.6 Å². The SMILES string of the molecule is COc1ccccc1-c1csc(-c2nonc2N)n1. The molecule has 6 nitrogen and oxygen atoms in total. The number of thiazole rings is 1. The summed E-state index contributed by atoms with van der Waals surface area (Å²) < 4.78 is 9.89. The minimum Gasteiger partial charge on any atom is -0.496 e. The van der Waals surface area contributed by atoms with Gasteiger partial charge in [0.25, 0.3) is 0 Å². The molecule has 0 spiro atoms. The van der Waals surface area contributed by atoms with Gasteiger partial charge in [-0.2, -0.15) is 0 Å². The van der Waals surface area contributed by atoms with E-state index in [4.69, 9.17) is 10.5 Å². The molecular weight excluding hydrogens is 264 g/mol. The van der Waals surface area contributed by atoms with E-state index in [1.54, 1.807) is 7.11 Å². The number of hydrogen-bond donors (Lipinski definition) is 1. The van der Waals surface area contributed by atoms with Crippen molar-refractivity contribution in [2.24, 2.45) is 0 Å². The first kappa shape index (κ1) is 11.7. The van der Waals surface area contributed by atoms with E-state index in [2.05, 4.69) is 19.9 Å². The lowest BCUT2D eigenvalue weighted by molar-refractivity contribution is 0.310. The second kappa shape index (κ2) is 4.69. The summed E-state index contributed by atoms with van der Waals surface area (Å²) in [5.74, 6) is 1.01. The molecule has 0 atom stereocenters. The maximum Gasteiger partial charge on any atom is 0.198 e. The van der Waals surface area contributed by atoms with E-state index >= 15 is 0 Å². The van der Waals surface area contributed by atoms with Gasteiger partial charge in [-0.05, 0) is 22.4 Å². The average molecular weight is 274 g/mol. The van der Waals surface area contributed by atoms with Crippen molar-refractivity contribution in [3.63, 3.8) is 0 Å². The van der Waals surface area contributed by atoms with Crippen LogP contribution < -0.4 is 10.5 Å². The molecule has 0 saturated heterocycles. The second-order valence-electron chi connectivity index (χ2n) is 3.74. The molecule has 0 saturated carbocycles. The van der Waals surface area contributed by atoms with E-state index in [-0.39, 0.29) is 5.82 Å². The predicted molar refractivity (Wildman–Crippen MR) is 71.8 cm³/mol. The summed E-state index contributed by atoms with van der Waals surface area (Å²) in [5.41, 5.74) is 7.84. The van der Waals surface area contributed by atoms with Gasteiger partial charge in [-0.1, -0.05) is 12.1 Å². The summed E-state index contributed by atoms with van der Waals surface area (Å²) in [5, 5.41) is 9.87. The van der Waals surface area contributed by atoms with Crippen molar-refractivity contribution >= 4 is 17.2 Å². The van der Waals surface area contributed by atoms with Gasteiger partial charge in [0.15, 0.2) is 11.5 Å². The minimum absolute atomic E-state index is 0.237. The molecule has 0 bridgehead atoms. The largest absolute Gasteiger partial charge is 0.496 e. The molecular formula is C12H10N4O2S. The Morgan fingerprint density at radius 3 is 2.84 bits per heavy atom. The highest BCUT2D eigenvalue weighted by Crippen LogP contribution is 2.34. The van der Waals surface area contributed by atoms with Crippen molar-refractivity contribution < 1.29 is 9.37 Å². The van der Waals surface area contributed by atoms with Crippen molar-refractivity contribution in [2.45, 2.75) is 0 Å². The number of nitrogens with two attached hydrogens (primary N) is 1. The van der Waals surface area contributed by atoms with Crippen LogP contribution in [0.15, 0.2) is 34.3 Å². The molecule has 1 aromatic carbocycles. The fourth-order valence-corrected chi connectivity index (χ4v) is 2.51. The van der Waals surface area contributed by atoms with E-state index in [1.165, 1.54) is 11.3 Å². The van der Waals surface area contributed by atoms with Gasteiger partial charge < -0.3 is 10.5 Å². The van der Waals surface area contributed by atoms with Crippen LogP contribution in [0.5, 0.6) is 5.75 Å².